The molecule has 2 N–H and O–H groups in total. The first-order valence-corrected chi connectivity index (χ1v) is 7.86. The van der Waals surface area contributed by atoms with E-state index < -0.39 is 0 Å². The maximum atomic E-state index is 5.89. The highest BCUT2D eigenvalue weighted by Gasteiger charge is 2.19. The fourth-order valence-corrected chi connectivity index (χ4v) is 2.28. The van der Waals surface area contributed by atoms with Crippen molar-refractivity contribution >= 4 is 0 Å². The molecule has 20 heavy (non-hydrogen) atoms. The van der Waals surface area contributed by atoms with Gasteiger partial charge in [-0.2, -0.15) is 0 Å². The zero-order valence-electron chi connectivity index (χ0n) is 13.8. The van der Waals surface area contributed by atoms with Gasteiger partial charge in [0.15, 0.2) is 0 Å². The van der Waals surface area contributed by atoms with Crippen molar-refractivity contribution in [2.45, 2.75) is 71.8 Å². The molecule has 0 amide bonds. The number of aryl methyl sites for hydroxylation is 1. The van der Waals surface area contributed by atoms with Crippen molar-refractivity contribution in [3.05, 3.63) is 29.3 Å². The van der Waals surface area contributed by atoms with E-state index in [0.717, 1.165) is 38.0 Å². The van der Waals surface area contributed by atoms with Gasteiger partial charge in [0.25, 0.3) is 0 Å². The largest absolute Gasteiger partial charge is 0.493 e. The Morgan fingerprint density at radius 1 is 1.25 bits per heavy atom. The van der Waals surface area contributed by atoms with Crippen LogP contribution in [0.1, 0.15) is 65.0 Å². The van der Waals surface area contributed by atoms with E-state index in [1.807, 2.05) is 0 Å². The second-order valence-electron chi connectivity index (χ2n) is 6.80. The zero-order chi connectivity index (χ0) is 15.2. The molecule has 0 saturated heterocycles. The zero-order valence-corrected chi connectivity index (χ0v) is 13.8. The van der Waals surface area contributed by atoms with Crippen LogP contribution in [-0.4, -0.2) is 12.6 Å². The Balaban J connectivity index is 2.84. The van der Waals surface area contributed by atoms with E-state index in [1.54, 1.807) is 0 Å². The van der Waals surface area contributed by atoms with Gasteiger partial charge in [0.05, 0.1) is 6.61 Å². The molecule has 0 aromatic heterocycles. The summed E-state index contributed by atoms with van der Waals surface area (Å²) in [5, 5.41) is 0. The lowest BCUT2D eigenvalue weighted by molar-refractivity contribution is 0.308. The van der Waals surface area contributed by atoms with Crippen LogP contribution in [0.15, 0.2) is 18.2 Å². The summed E-state index contributed by atoms with van der Waals surface area (Å²) in [5.41, 5.74) is 8.62. The molecule has 1 rings (SSSR count). The van der Waals surface area contributed by atoms with Gasteiger partial charge < -0.3 is 10.5 Å². The molecule has 114 valence electrons. The second kappa shape index (κ2) is 7.68. The van der Waals surface area contributed by atoms with Crippen molar-refractivity contribution in [1.82, 2.24) is 0 Å². The molecule has 0 aliphatic heterocycles. The molecule has 0 aliphatic carbocycles. The first-order chi connectivity index (χ1) is 9.34. The number of benzene rings is 1. The van der Waals surface area contributed by atoms with Crippen molar-refractivity contribution in [3.63, 3.8) is 0 Å². The fraction of sp³-hybridized carbons (Fsp3) is 0.667. The topological polar surface area (TPSA) is 35.2 Å². The molecule has 0 saturated carbocycles. The summed E-state index contributed by atoms with van der Waals surface area (Å²) in [6, 6.07) is 6.94. The van der Waals surface area contributed by atoms with E-state index in [2.05, 4.69) is 52.8 Å². The van der Waals surface area contributed by atoms with Gasteiger partial charge in [-0.15, -0.1) is 0 Å². The molecule has 1 atom stereocenters. The summed E-state index contributed by atoms with van der Waals surface area (Å²) in [6.07, 6.45) is 4.37. The Labute approximate surface area is 124 Å². The molecule has 1 aromatic carbocycles. The van der Waals surface area contributed by atoms with Crippen molar-refractivity contribution in [2.75, 3.05) is 6.61 Å². The highest BCUT2D eigenvalue weighted by atomic mass is 16.5. The van der Waals surface area contributed by atoms with Crippen LogP contribution in [0, 0.1) is 0 Å². The summed E-state index contributed by atoms with van der Waals surface area (Å²) in [6.45, 7) is 11.7. The third kappa shape index (κ3) is 5.54. The van der Waals surface area contributed by atoms with Crippen LogP contribution in [0.25, 0.3) is 0 Å². The third-order valence-electron chi connectivity index (χ3n) is 3.44. The average Bonchev–Trinajstić information content (AvgIpc) is 2.35. The summed E-state index contributed by atoms with van der Waals surface area (Å²) < 4.78 is 5.89. The molecule has 0 heterocycles. The van der Waals surface area contributed by atoms with Gasteiger partial charge in [0.1, 0.15) is 5.75 Å². The molecule has 1 unspecified atom stereocenters. The fourth-order valence-electron chi connectivity index (χ4n) is 2.28. The third-order valence-corrected chi connectivity index (χ3v) is 3.44. The average molecular weight is 277 g/mol. The quantitative estimate of drug-likeness (QED) is 0.799. The van der Waals surface area contributed by atoms with Crippen LogP contribution in [0.5, 0.6) is 5.75 Å². The highest BCUT2D eigenvalue weighted by Crippen LogP contribution is 2.32. The highest BCUT2D eigenvalue weighted by molar-refractivity contribution is 5.41. The Kier molecular flexibility index (Phi) is 6.54. The van der Waals surface area contributed by atoms with Crippen LogP contribution in [0.3, 0.4) is 0 Å². The van der Waals surface area contributed by atoms with Gasteiger partial charge in [-0.05, 0) is 55.2 Å². The molecular weight excluding hydrogens is 246 g/mol. The van der Waals surface area contributed by atoms with Crippen molar-refractivity contribution in [3.8, 4) is 5.75 Å². The van der Waals surface area contributed by atoms with Crippen LogP contribution in [0.4, 0.5) is 0 Å². The maximum absolute atomic E-state index is 5.89. The molecule has 0 spiro atoms. The van der Waals surface area contributed by atoms with E-state index in [4.69, 9.17) is 10.5 Å². The van der Waals surface area contributed by atoms with Gasteiger partial charge in [-0.1, -0.05) is 39.8 Å². The minimum absolute atomic E-state index is 0.111. The molecule has 0 radical (unpaired) electrons. The Morgan fingerprint density at radius 3 is 2.50 bits per heavy atom. The Morgan fingerprint density at radius 2 is 1.95 bits per heavy atom. The lowest BCUT2D eigenvalue weighted by Crippen LogP contribution is -2.15. The van der Waals surface area contributed by atoms with E-state index >= 15 is 0 Å². The predicted molar refractivity (Wildman–Crippen MR) is 87.5 cm³/mol. The molecule has 1 aromatic rings. The van der Waals surface area contributed by atoms with Gasteiger partial charge in [-0.25, -0.2) is 0 Å². The van der Waals surface area contributed by atoms with Gasteiger partial charge in [0, 0.05) is 6.04 Å². The van der Waals surface area contributed by atoms with Crippen LogP contribution in [0.2, 0.25) is 0 Å². The minimum Gasteiger partial charge on any atom is -0.493 e. The summed E-state index contributed by atoms with van der Waals surface area (Å²) in [4.78, 5) is 0. The smallest absolute Gasteiger partial charge is 0.123 e. The number of rotatable bonds is 7. The number of nitrogens with two attached hydrogens (primary N) is 1. The predicted octanol–water partition coefficient (Wildman–Crippen LogP) is 4.44. The second-order valence-corrected chi connectivity index (χ2v) is 6.80. The van der Waals surface area contributed by atoms with Gasteiger partial charge >= 0.3 is 0 Å². The van der Waals surface area contributed by atoms with E-state index in [-0.39, 0.29) is 5.41 Å². The number of hydrogen-bond acceptors (Lipinski definition) is 2. The molecule has 0 aliphatic rings. The van der Waals surface area contributed by atoms with E-state index in [0.29, 0.717) is 6.04 Å². The molecule has 0 bridgehead atoms. The minimum atomic E-state index is 0.111. The van der Waals surface area contributed by atoms with Crippen LogP contribution >= 0.6 is 0 Å². The molecular formula is C18H31NO. The lowest BCUT2D eigenvalue weighted by atomic mass is 9.85. The standard InChI is InChI=1S/C18H31NO/c1-6-12-20-17-11-10-15(9-7-8-14(2)19)13-16(17)18(3,4)5/h10-11,13-14H,6-9,12,19H2,1-5H3. The molecule has 2 nitrogen and oxygen atoms in total. The monoisotopic (exact) mass is 277 g/mol. The van der Waals surface area contributed by atoms with Gasteiger partial charge in [-0.3, -0.25) is 0 Å². The Bertz CT molecular complexity index is 404. The van der Waals surface area contributed by atoms with Gasteiger partial charge in [0.2, 0.25) is 0 Å². The van der Waals surface area contributed by atoms with Crippen molar-refractivity contribution in [1.29, 1.82) is 0 Å². The first-order valence-electron chi connectivity index (χ1n) is 7.86. The SMILES string of the molecule is CCCOc1ccc(CCCC(C)N)cc1C(C)(C)C. The lowest BCUT2D eigenvalue weighted by Gasteiger charge is -2.24. The Hall–Kier alpha value is -1.02. The molecule has 2 heteroatoms. The summed E-state index contributed by atoms with van der Waals surface area (Å²) >= 11 is 0. The summed E-state index contributed by atoms with van der Waals surface area (Å²) in [5.74, 6) is 1.04. The molecule has 0 fully saturated rings. The van der Waals surface area contributed by atoms with E-state index in [1.165, 1.54) is 11.1 Å². The van der Waals surface area contributed by atoms with Crippen molar-refractivity contribution in [2.24, 2.45) is 5.73 Å². The van der Waals surface area contributed by atoms with Crippen molar-refractivity contribution < 1.29 is 4.74 Å². The van der Waals surface area contributed by atoms with E-state index in [9.17, 15) is 0 Å². The maximum Gasteiger partial charge on any atom is 0.123 e. The summed E-state index contributed by atoms with van der Waals surface area (Å²) in [7, 11) is 0. The van der Waals surface area contributed by atoms with Crippen LogP contribution < -0.4 is 10.5 Å². The normalized spacial score (nSPS) is 13.3. The number of ether oxygens (including phenoxy) is 1. The number of hydrogen-bond donors (Lipinski definition) is 1. The van der Waals surface area contributed by atoms with Crippen LogP contribution in [-0.2, 0) is 11.8 Å². The first kappa shape index (κ1) is 17.0.